The molecule has 6 heteroatoms. The lowest BCUT2D eigenvalue weighted by atomic mass is 9.99. The number of benzene rings is 3. The zero-order valence-corrected chi connectivity index (χ0v) is 18.4. The average Bonchev–Trinajstić information content (AvgIpc) is 2.84. The molecule has 1 aliphatic heterocycles. The number of nitrogens with zero attached hydrogens (tertiary/aromatic N) is 1. The molecule has 0 saturated carbocycles. The molecule has 1 heterocycles. The van der Waals surface area contributed by atoms with Crippen molar-refractivity contribution in [3.63, 3.8) is 0 Å². The van der Waals surface area contributed by atoms with Gasteiger partial charge >= 0.3 is 6.03 Å². The van der Waals surface area contributed by atoms with E-state index in [9.17, 15) is 9.59 Å². The molecule has 0 unspecified atom stereocenters. The molecule has 4 rings (SSSR count). The van der Waals surface area contributed by atoms with E-state index in [1.165, 1.54) is 11.1 Å². The second-order valence-corrected chi connectivity index (χ2v) is 8.09. The van der Waals surface area contributed by atoms with Crippen LogP contribution in [-0.2, 0) is 24.3 Å². The van der Waals surface area contributed by atoms with Gasteiger partial charge in [-0.1, -0.05) is 42.5 Å². The van der Waals surface area contributed by atoms with Crippen molar-refractivity contribution in [3.8, 4) is 5.75 Å². The summed E-state index contributed by atoms with van der Waals surface area (Å²) >= 11 is 0. The van der Waals surface area contributed by atoms with Crippen molar-refractivity contribution in [1.29, 1.82) is 0 Å². The van der Waals surface area contributed by atoms with Gasteiger partial charge < -0.3 is 20.3 Å². The van der Waals surface area contributed by atoms with E-state index in [0.29, 0.717) is 32.5 Å². The lowest BCUT2D eigenvalue weighted by Gasteiger charge is -2.29. The van der Waals surface area contributed by atoms with E-state index in [1.807, 2.05) is 47.4 Å². The van der Waals surface area contributed by atoms with Crippen molar-refractivity contribution in [2.75, 3.05) is 20.2 Å². The number of methoxy groups -OCH3 is 1. The molecule has 3 amide bonds. The molecular formula is C26H29N3O3. The molecule has 0 radical (unpaired) electrons. The number of ether oxygens (including phenoxy) is 1. The quantitative estimate of drug-likeness (QED) is 0.555. The van der Waals surface area contributed by atoms with Gasteiger partial charge in [0.2, 0.25) is 5.91 Å². The van der Waals surface area contributed by atoms with Gasteiger partial charge in [-0.15, -0.1) is 0 Å². The molecule has 0 spiro atoms. The molecule has 0 fully saturated rings. The summed E-state index contributed by atoms with van der Waals surface area (Å²) in [5, 5.41) is 7.92. The highest BCUT2D eigenvalue weighted by Gasteiger charge is 2.19. The van der Waals surface area contributed by atoms with E-state index in [0.717, 1.165) is 35.1 Å². The van der Waals surface area contributed by atoms with Crippen LogP contribution in [0.2, 0.25) is 0 Å². The summed E-state index contributed by atoms with van der Waals surface area (Å²) in [7, 11) is 1.65. The Morgan fingerprint density at radius 1 is 0.969 bits per heavy atom. The van der Waals surface area contributed by atoms with Gasteiger partial charge in [0.25, 0.3) is 0 Å². The molecular weight excluding hydrogens is 402 g/mol. The summed E-state index contributed by atoms with van der Waals surface area (Å²) in [4.78, 5) is 26.5. The van der Waals surface area contributed by atoms with Crippen LogP contribution in [0.1, 0.15) is 29.5 Å². The van der Waals surface area contributed by atoms with Crippen LogP contribution < -0.4 is 15.4 Å². The van der Waals surface area contributed by atoms with E-state index in [4.69, 9.17) is 4.74 Å². The maximum absolute atomic E-state index is 12.5. The van der Waals surface area contributed by atoms with Crippen molar-refractivity contribution < 1.29 is 14.3 Å². The molecule has 0 aromatic heterocycles. The minimum absolute atomic E-state index is 0.148. The third kappa shape index (κ3) is 5.38. The molecule has 1 aliphatic rings. The molecule has 0 saturated heterocycles. The first-order valence-corrected chi connectivity index (χ1v) is 11.1. The van der Waals surface area contributed by atoms with E-state index < -0.39 is 0 Å². The Balaban J connectivity index is 1.16. The average molecular weight is 432 g/mol. The summed E-state index contributed by atoms with van der Waals surface area (Å²) in [6.07, 6.45) is 1.98. The smallest absolute Gasteiger partial charge is 0.315 e. The Labute approximate surface area is 188 Å². The molecule has 6 nitrogen and oxygen atoms in total. The minimum atomic E-state index is -0.223. The SMILES string of the molecule is COc1ccc2cc(CNC(=O)NCCCC(=O)N3CCc4ccccc4C3)ccc2c1. The zero-order chi connectivity index (χ0) is 22.3. The van der Waals surface area contributed by atoms with E-state index in [-0.39, 0.29) is 11.9 Å². The van der Waals surface area contributed by atoms with E-state index in [1.54, 1.807) is 7.11 Å². The standard InChI is InChI=1S/C26H29N3O3/c1-32-24-11-10-21-15-19(8-9-22(21)16-24)17-28-26(31)27-13-4-7-25(30)29-14-12-20-5-2-3-6-23(20)18-29/h2-3,5-6,8-11,15-16H,4,7,12-14,17-18H2,1H3,(H2,27,28,31). The highest BCUT2D eigenvalue weighted by atomic mass is 16.5. The number of amides is 3. The maximum atomic E-state index is 12.5. The predicted octanol–water partition coefficient (Wildman–Crippen LogP) is 4.01. The van der Waals surface area contributed by atoms with Crippen molar-refractivity contribution >= 4 is 22.7 Å². The Morgan fingerprint density at radius 3 is 2.59 bits per heavy atom. The molecule has 0 atom stereocenters. The number of hydrogen-bond donors (Lipinski definition) is 2. The second-order valence-electron chi connectivity index (χ2n) is 8.09. The Kier molecular flexibility index (Phi) is 6.90. The minimum Gasteiger partial charge on any atom is -0.497 e. The van der Waals surface area contributed by atoms with E-state index >= 15 is 0 Å². The molecule has 32 heavy (non-hydrogen) atoms. The number of urea groups is 1. The van der Waals surface area contributed by atoms with Gasteiger partial charge in [-0.05, 0) is 58.5 Å². The summed E-state index contributed by atoms with van der Waals surface area (Å²) in [5.41, 5.74) is 3.59. The molecule has 3 aromatic carbocycles. The molecule has 0 bridgehead atoms. The monoisotopic (exact) mass is 431 g/mol. The highest BCUT2D eigenvalue weighted by Crippen LogP contribution is 2.22. The van der Waals surface area contributed by atoms with E-state index in [2.05, 4.69) is 28.8 Å². The fraction of sp³-hybridized carbons (Fsp3) is 0.308. The van der Waals surface area contributed by atoms with Crippen LogP contribution >= 0.6 is 0 Å². The number of nitrogens with one attached hydrogen (secondary N) is 2. The number of fused-ring (bicyclic) bond motifs is 2. The number of carbonyl (C=O) groups is 2. The fourth-order valence-corrected chi connectivity index (χ4v) is 4.06. The first-order valence-electron chi connectivity index (χ1n) is 11.1. The van der Waals surface area contributed by atoms with Crippen LogP contribution in [0.25, 0.3) is 10.8 Å². The summed E-state index contributed by atoms with van der Waals surface area (Å²) < 4.78 is 5.25. The largest absolute Gasteiger partial charge is 0.497 e. The van der Waals surface area contributed by atoms with Gasteiger partial charge in [0.15, 0.2) is 0 Å². The molecule has 0 aliphatic carbocycles. The van der Waals surface area contributed by atoms with Gasteiger partial charge in [0, 0.05) is 32.6 Å². The number of hydrogen-bond acceptors (Lipinski definition) is 3. The van der Waals surface area contributed by atoms with Crippen LogP contribution in [0.15, 0.2) is 60.7 Å². The van der Waals surface area contributed by atoms with Crippen molar-refractivity contribution in [3.05, 3.63) is 77.4 Å². The van der Waals surface area contributed by atoms with Gasteiger partial charge in [-0.25, -0.2) is 4.79 Å². The van der Waals surface area contributed by atoms with Gasteiger partial charge in [0.05, 0.1) is 7.11 Å². The first kappa shape index (κ1) is 21.7. The molecule has 3 aromatic rings. The summed E-state index contributed by atoms with van der Waals surface area (Å²) in [6, 6.07) is 20.1. The van der Waals surface area contributed by atoms with Crippen LogP contribution in [0.4, 0.5) is 4.79 Å². The van der Waals surface area contributed by atoms with Crippen LogP contribution in [0.3, 0.4) is 0 Å². The third-order valence-corrected chi connectivity index (χ3v) is 5.90. The fourth-order valence-electron chi connectivity index (χ4n) is 4.06. The summed E-state index contributed by atoms with van der Waals surface area (Å²) in [6.45, 7) is 2.36. The van der Waals surface area contributed by atoms with Crippen LogP contribution in [0, 0.1) is 0 Å². The number of rotatable bonds is 7. The maximum Gasteiger partial charge on any atom is 0.315 e. The third-order valence-electron chi connectivity index (χ3n) is 5.90. The zero-order valence-electron chi connectivity index (χ0n) is 18.4. The van der Waals surface area contributed by atoms with Crippen molar-refractivity contribution in [2.45, 2.75) is 32.4 Å². The normalized spacial score (nSPS) is 12.8. The van der Waals surface area contributed by atoms with Crippen LogP contribution in [-0.4, -0.2) is 37.0 Å². The first-order chi connectivity index (χ1) is 15.6. The van der Waals surface area contributed by atoms with Crippen LogP contribution in [0.5, 0.6) is 5.75 Å². The molecule has 2 N–H and O–H groups in total. The Bertz CT molecular complexity index is 1110. The van der Waals surface area contributed by atoms with Crippen molar-refractivity contribution in [1.82, 2.24) is 15.5 Å². The van der Waals surface area contributed by atoms with Gasteiger partial charge in [0.1, 0.15) is 5.75 Å². The second kappa shape index (κ2) is 10.2. The summed E-state index contributed by atoms with van der Waals surface area (Å²) in [5.74, 6) is 0.973. The topological polar surface area (TPSA) is 70.7 Å². The molecule has 166 valence electrons. The van der Waals surface area contributed by atoms with Crippen molar-refractivity contribution in [2.24, 2.45) is 0 Å². The Morgan fingerprint density at radius 2 is 1.75 bits per heavy atom. The lowest BCUT2D eigenvalue weighted by Crippen LogP contribution is -2.37. The lowest BCUT2D eigenvalue weighted by molar-refractivity contribution is -0.132. The van der Waals surface area contributed by atoms with Gasteiger partial charge in [-0.3, -0.25) is 4.79 Å². The highest BCUT2D eigenvalue weighted by molar-refractivity contribution is 5.84. The Hall–Kier alpha value is -3.54. The number of carbonyl (C=O) groups excluding carboxylic acids is 2. The predicted molar refractivity (Wildman–Crippen MR) is 126 cm³/mol. The van der Waals surface area contributed by atoms with Gasteiger partial charge in [-0.2, -0.15) is 0 Å².